The van der Waals surface area contributed by atoms with Gasteiger partial charge < -0.3 is 10.4 Å². The number of anilines is 2. The van der Waals surface area contributed by atoms with E-state index in [0.29, 0.717) is 22.6 Å². The van der Waals surface area contributed by atoms with Gasteiger partial charge in [0.15, 0.2) is 5.82 Å². The molecule has 0 aliphatic carbocycles. The van der Waals surface area contributed by atoms with Crippen LogP contribution in [0.25, 0.3) is 22.0 Å². The third-order valence-corrected chi connectivity index (χ3v) is 7.08. The van der Waals surface area contributed by atoms with Crippen molar-refractivity contribution < 1.29 is 13.5 Å². The van der Waals surface area contributed by atoms with Crippen molar-refractivity contribution in [1.29, 1.82) is 0 Å². The summed E-state index contributed by atoms with van der Waals surface area (Å²) in [6, 6.07) is 20.6. The smallest absolute Gasteiger partial charge is 0.240 e. The number of halogens is 1. The minimum absolute atomic E-state index is 0.0504. The summed E-state index contributed by atoms with van der Waals surface area (Å²) in [5.41, 5.74) is 2.70. The summed E-state index contributed by atoms with van der Waals surface area (Å²) in [6.07, 6.45) is 0. The highest BCUT2D eigenvalue weighted by Gasteiger charge is 2.19. The number of rotatable bonds is 7. The molecule has 0 saturated heterocycles. The molecule has 0 amide bonds. The van der Waals surface area contributed by atoms with Crippen LogP contribution in [0.1, 0.15) is 5.56 Å². The molecule has 9 heteroatoms. The standard InChI is InChI=1S/C23H21BrN4O3S/c1-15-6-7-16(14-21(15)32(30,31)25-12-13-29)22-19-4-2-3-5-20(19)23(28-27-22)26-18-10-8-17(24)9-11-18/h2-11,14,25,29H,12-13H2,1H3,(H,26,28). The average molecular weight is 513 g/mol. The molecule has 3 aromatic carbocycles. The van der Waals surface area contributed by atoms with Crippen LogP contribution >= 0.6 is 15.9 Å². The predicted octanol–water partition coefficient (Wildman–Crippen LogP) is 4.38. The summed E-state index contributed by atoms with van der Waals surface area (Å²) in [5.74, 6) is 0.608. The number of hydrogen-bond donors (Lipinski definition) is 3. The fourth-order valence-corrected chi connectivity index (χ4v) is 4.93. The maximum Gasteiger partial charge on any atom is 0.240 e. The van der Waals surface area contributed by atoms with Crippen molar-refractivity contribution in [2.75, 3.05) is 18.5 Å². The Bertz CT molecular complexity index is 1380. The minimum Gasteiger partial charge on any atom is -0.395 e. The first-order valence-corrected chi connectivity index (χ1v) is 12.2. The topological polar surface area (TPSA) is 104 Å². The third kappa shape index (κ3) is 4.66. The van der Waals surface area contributed by atoms with Crippen LogP contribution in [0.3, 0.4) is 0 Å². The van der Waals surface area contributed by atoms with Gasteiger partial charge >= 0.3 is 0 Å². The second kappa shape index (κ2) is 9.33. The van der Waals surface area contributed by atoms with Gasteiger partial charge in [-0.15, -0.1) is 10.2 Å². The van der Waals surface area contributed by atoms with Gasteiger partial charge in [-0.3, -0.25) is 0 Å². The summed E-state index contributed by atoms with van der Waals surface area (Å²) in [7, 11) is -3.76. The van der Waals surface area contributed by atoms with Crippen LogP contribution in [0.4, 0.5) is 11.5 Å². The lowest BCUT2D eigenvalue weighted by Gasteiger charge is -2.13. The number of aryl methyl sites for hydroxylation is 1. The van der Waals surface area contributed by atoms with Crippen molar-refractivity contribution in [2.24, 2.45) is 0 Å². The maximum absolute atomic E-state index is 12.7. The molecule has 0 spiro atoms. The Kier molecular flexibility index (Phi) is 6.52. The Labute approximate surface area is 194 Å². The van der Waals surface area contributed by atoms with E-state index in [1.165, 1.54) is 0 Å². The normalized spacial score (nSPS) is 11.6. The van der Waals surface area contributed by atoms with Gasteiger partial charge in [-0.25, -0.2) is 13.1 Å². The van der Waals surface area contributed by atoms with E-state index in [-0.39, 0.29) is 18.0 Å². The Morgan fingerprint density at radius 3 is 2.41 bits per heavy atom. The van der Waals surface area contributed by atoms with Crippen molar-refractivity contribution in [2.45, 2.75) is 11.8 Å². The molecule has 4 aromatic rings. The van der Waals surface area contributed by atoms with Gasteiger partial charge in [-0.2, -0.15) is 0 Å². The average Bonchev–Trinajstić information content (AvgIpc) is 2.80. The molecule has 0 atom stereocenters. The highest BCUT2D eigenvalue weighted by atomic mass is 79.9. The lowest BCUT2D eigenvalue weighted by molar-refractivity contribution is 0.301. The van der Waals surface area contributed by atoms with Gasteiger partial charge in [0.05, 0.1) is 11.5 Å². The van der Waals surface area contributed by atoms with Crippen LogP contribution in [0, 0.1) is 6.92 Å². The Morgan fingerprint density at radius 1 is 0.969 bits per heavy atom. The van der Waals surface area contributed by atoms with E-state index in [1.807, 2.05) is 54.6 Å². The van der Waals surface area contributed by atoms with Crippen molar-refractivity contribution in [1.82, 2.24) is 14.9 Å². The largest absolute Gasteiger partial charge is 0.395 e. The second-order valence-corrected chi connectivity index (χ2v) is 9.83. The number of aromatic nitrogens is 2. The predicted molar refractivity (Wildman–Crippen MR) is 129 cm³/mol. The van der Waals surface area contributed by atoms with E-state index in [9.17, 15) is 8.42 Å². The molecule has 1 aromatic heterocycles. The zero-order valence-electron chi connectivity index (χ0n) is 17.2. The molecule has 0 fully saturated rings. The van der Waals surface area contributed by atoms with Crippen molar-refractivity contribution in [3.8, 4) is 11.3 Å². The zero-order valence-corrected chi connectivity index (χ0v) is 19.6. The summed E-state index contributed by atoms with van der Waals surface area (Å²) < 4.78 is 28.7. The molecule has 3 N–H and O–H groups in total. The lowest BCUT2D eigenvalue weighted by atomic mass is 10.0. The van der Waals surface area contributed by atoms with Crippen LogP contribution in [0.15, 0.2) is 76.1 Å². The first-order valence-electron chi connectivity index (χ1n) is 9.88. The van der Waals surface area contributed by atoms with E-state index < -0.39 is 10.0 Å². The van der Waals surface area contributed by atoms with Crippen molar-refractivity contribution in [3.63, 3.8) is 0 Å². The molecule has 164 valence electrons. The van der Waals surface area contributed by atoms with Crippen LogP contribution in [-0.4, -0.2) is 36.9 Å². The zero-order chi connectivity index (χ0) is 22.7. The molecule has 0 unspecified atom stereocenters. The Balaban J connectivity index is 1.79. The van der Waals surface area contributed by atoms with Gasteiger partial charge in [-0.05, 0) is 42.8 Å². The van der Waals surface area contributed by atoms with Gasteiger partial charge in [0.2, 0.25) is 10.0 Å². The second-order valence-electron chi connectivity index (χ2n) is 7.18. The SMILES string of the molecule is Cc1ccc(-c2nnc(Nc3ccc(Br)cc3)c3ccccc23)cc1S(=O)(=O)NCCO. The highest BCUT2D eigenvalue weighted by Crippen LogP contribution is 2.32. The van der Waals surface area contributed by atoms with Crippen LogP contribution in [-0.2, 0) is 10.0 Å². The summed E-state index contributed by atoms with van der Waals surface area (Å²) in [5, 5.41) is 22.8. The number of aliphatic hydroxyl groups is 1. The van der Waals surface area contributed by atoms with Crippen molar-refractivity contribution in [3.05, 3.63) is 76.8 Å². The number of sulfonamides is 1. The third-order valence-electron chi connectivity index (χ3n) is 4.95. The first kappa shape index (κ1) is 22.3. The molecular weight excluding hydrogens is 492 g/mol. The first-order chi connectivity index (χ1) is 15.4. The molecule has 0 aliphatic rings. The van der Waals surface area contributed by atoms with Crippen molar-refractivity contribution >= 4 is 48.2 Å². The molecule has 32 heavy (non-hydrogen) atoms. The Morgan fingerprint density at radius 2 is 1.69 bits per heavy atom. The fraction of sp³-hybridized carbons (Fsp3) is 0.130. The molecule has 0 aliphatic heterocycles. The van der Waals surface area contributed by atoms with Gasteiger partial charge in [0.25, 0.3) is 0 Å². The number of aliphatic hydroxyl groups excluding tert-OH is 1. The van der Waals surface area contributed by atoms with E-state index in [2.05, 4.69) is 36.2 Å². The number of nitrogens with zero attached hydrogens (tertiary/aromatic N) is 2. The van der Waals surface area contributed by atoms with Crippen LogP contribution in [0.2, 0.25) is 0 Å². The van der Waals surface area contributed by atoms with Gasteiger partial charge in [0, 0.05) is 33.0 Å². The van der Waals surface area contributed by atoms with E-state index in [0.717, 1.165) is 20.9 Å². The molecule has 1 heterocycles. The molecule has 0 radical (unpaired) electrons. The summed E-state index contributed by atoms with van der Waals surface area (Å²) >= 11 is 3.43. The van der Waals surface area contributed by atoms with Crippen LogP contribution in [0.5, 0.6) is 0 Å². The fourth-order valence-electron chi connectivity index (χ4n) is 3.37. The number of fused-ring (bicyclic) bond motifs is 1. The number of hydrogen-bond acceptors (Lipinski definition) is 6. The minimum atomic E-state index is -3.76. The lowest BCUT2D eigenvalue weighted by Crippen LogP contribution is -2.27. The summed E-state index contributed by atoms with van der Waals surface area (Å²) in [6.45, 7) is 1.40. The Hall–Kier alpha value is -2.85. The van der Waals surface area contributed by atoms with E-state index in [4.69, 9.17) is 5.11 Å². The number of benzene rings is 3. The molecule has 0 saturated carbocycles. The molecule has 0 bridgehead atoms. The van der Waals surface area contributed by atoms with Crippen LogP contribution < -0.4 is 10.0 Å². The number of nitrogens with one attached hydrogen (secondary N) is 2. The monoisotopic (exact) mass is 512 g/mol. The molecule has 4 rings (SSSR count). The summed E-state index contributed by atoms with van der Waals surface area (Å²) in [4.78, 5) is 0.145. The van der Waals surface area contributed by atoms with E-state index in [1.54, 1.807) is 19.1 Å². The maximum atomic E-state index is 12.7. The van der Waals surface area contributed by atoms with Gasteiger partial charge in [-0.1, -0.05) is 52.3 Å². The quantitative estimate of drug-likeness (QED) is 0.339. The molecule has 7 nitrogen and oxygen atoms in total. The molecular formula is C23H21BrN4O3S. The van der Waals surface area contributed by atoms with E-state index >= 15 is 0 Å². The highest BCUT2D eigenvalue weighted by molar-refractivity contribution is 9.10. The van der Waals surface area contributed by atoms with Gasteiger partial charge in [0.1, 0.15) is 5.69 Å².